The molecule has 0 aliphatic carbocycles. The third-order valence-electron chi connectivity index (χ3n) is 5.12. The van der Waals surface area contributed by atoms with Gasteiger partial charge < -0.3 is 15.2 Å². The van der Waals surface area contributed by atoms with Crippen molar-refractivity contribution < 1.29 is 4.79 Å². The molecule has 0 radical (unpaired) electrons. The van der Waals surface area contributed by atoms with Crippen LogP contribution in [0.25, 0.3) is 0 Å². The van der Waals surface area contributed by atoms with Gasteiger partial charge in [0.05, 0.1) is 6.04 Å². The maximum atomic E-state index is 12.6. The van der Waals surface area contributed by atoms with Gasteiger partial charge in [-0.25, -0.2) is 4.98 Å². The van der Waals surface area contributed by atoms with Crippen molar-refractivity contribution in [3.05, 3.63) is 83.9 Å². The Morgan fingerprint density at radius 3 is 2.79 bits per heavy atom. The van der Waals surface area contributed by atoms with E-state index in [4.69, 9.17) is 0 Å². The fourth-order valence-electron chi connectivity index (χ4n) is 3.66. The van der Waals surface area contributed by atoms with Crippen LogP contribution in [0.3, 0.4) is 0 Å². The summed E-state index contributed by atoms with van der Waals surface area (Å²) in [4.78, 5) is 19.6. The molecule has 2 heterocycles. The summed E-state index contributed by atoms with van der Waals surface area (Å²) in [5, 5.41) is 6.42. The minimum Gasteiger partial charge on any atom is -0.337 e. The Morgan fingerprint density at radius 1 is 1.21 bits per heavy atom. The van der Waals surface area contributed by atoms with Crippen molar-refractivity contribution >= 4 is 24.0 Å². The summed E-state index contributed by atoms with van der Waals surface area (Å²) in [6, 6.07) is 17.6. The maximum Gasteiger partial charge on any atom is 0.255 e. The molecule has 0 spiro atoms. The maximum absolute atomic E-state index is 12.6. The molecule has 1 aliphatic rings. The Labute approximate surface area is 177 Å². The smallest absolute Gasteiger partial charge is 0.255 e. The molecule has 2 aromatic carbocycles. The highest BCUT2D eigenvalue weighted by atomic mass is 35.5. The molecule has 0 saturated carbocycles. The number of carbonyl (C=O) groups excluding carboxylic acids is 1. The number of piperazine rings is 1. The van der Waals surface area contributed by atoms with Crippen LogP contribution in [-0.4, -0.2) is 40.0 Å². The fourth-order valence-corrected chi connectivity index (χ4v) is 3.66. The van der Waals surface area contributed by atoms with E-state index in [1.54, 1.807) is 0 Å². The lowest BCUT2D eigenvalue weighted by Crippen LogP contribution is -2.46. The van der Waals surface area contributed by atoms with Crippen LogP contribution >= 0.6 is 12.4 Å². The molecule has 29 heavy (non-hydrogen) atoms. The van der Waals surface area contributed by atoms with Crippen LogP contribution in [0.4, 0.5) is 5.69 Å². The predicted octanol–water partition coefficient (Wildman–Crippen LogP) is 3.24. The molecule has 1 fully saturated rings. The Morgan fingerprint density at radius 2 is 2.03 bits per heavy atom. The number of amides is 1. The molecule has 6 nitrogen and oxygen atoms in total. The van der Waals surface area contributed by atoms with Crippen LogP contribution in [0.5, 0.6) is 0 Å². The largest absolute Gasteiger partial charge is 0.337 e. The Hall–Kier alpha value is -2.67. The standard InChI is InChI=1S/C22H25N5O.ClH/c1-26-12-11-24-21(26)20-15-23-10-13-27(20)16-17-6-5-7-18(14-17)22(28)25-19-8-3-2-4-9-19;/h2-9,11-12,14,20,23H,10,13,15-16H2,1H3,(H,25,28);1H. The Kier molecular flexibility index (Phi) is 7.04. The van der Waals surface area contributed by atoms with Gasteiger partial charge in [-0.1, -0.05) is 30.3 Å². The summed E-state index contributed by atoms with van der Waals surface area (Å²) in [5.74, 6) is 0.971. The van der Waals surface area contributed by atoms with Gasteiger partial charge in [-0.15, -0.1) is 12.4 Å². The number of aryl methyl sites for hydroxylation is 1. The number of nitrogens with zero attached hydrogens (tertiary/aromatic N) is 3. The quantitative estimate of drug-likeness (QED) is 0.676. The summed E-state index contributed by atoms with van der Waals surface area (Å²) in [6.45, 7) is 3.55. The SMILES string of the molecule is Cl.Cn1ccnc1C1CNCCN1Cc1cccc(C(=O)Nc2ccccc2)c1. The lowest BCUT2D eigenvalue weighted by atomic mass is 10.1. The molecule has 2 N–H and O–H groups in total. The number of carbonyl (C=O) groups is 1. The van der Waals surface area contributed by atoms with Crippen LogP contribution in [0.2, 0.25) is 0 Å². The highest BCUT2D eigenvalue weighted by Crippen LogP contribution is 2.23. The number of benzene rings is 2. The van der Waals surface area contributed by atoms with E-state index in [1.165, 1.54) is 0 Å². The lowest BCUT2D eigenvalue weighted by Gasteiger charge is -2.35. The molecule has 1 saturated heterocycles. The monoisotopic (exact) mass is 411 g/mol. The highest BCUT2D eigenvalue weighted by Gasteiger charge is 2.26. The van der Waals surface area contributed by atoms with Gasteiger partial charge in [0, 0.05) is 56.9 Å². The van der Waals surface area contributed by atoms with Gasteiger partial charge in [0.25, 0.3) is 5.91 Å². The van der Waals surface area contributed by atoms with Gasteiger partial charge in [-0.2, -0.15) is 0 Å². The van der Waals surface area contributed by atoms with Gasteiger partial charge in [-0.05, 0) is 29.8 Å². The second-order valence-electron chi connectivity index (χ2n) is 7.11. The van der Waals surface area contributed by atoms with E-state index in [0.717, 1.165) is 43.3 Å². The number of hydrogen-bond acceptors (Lipinski definition) is 4. The zero-order valence-electron chi connectivity index (χ0n) is 16.4. The fraction of sp³-hybridized carbons (Fsp3) is 0.273. The number of aromatic nitrogens is 2. The molecule has 1 atom stereocenters. The molecule has 1 aromatic heterocycles. The molecule has 1 amide bonds. The number of halogens is 1. The summed E-state index contributed by atoms with van der Waals surface area (Å²) in [7, 11) is 2.03. The number of para-hydroxylation sites is 1. The average molecular weight is 412 g/mol. The third kappa shape index (κ3) is 5.03. The normalized spacial score (nSPS) is 16.8. The van der Waals surface area contributed by atoms with E-state index >= 15 is 0 Å². The van der Waals surface area contributed by atoms with E-state index in [2.05, 4.69) is 31.2 Å². The van der Waals surface area contributed by atoms with Crippen LogP contribution in [0.15, 0.2) is 67.0 Å². The molecule has 3 aromatic rings. The molecule has 7 heteroatoms. The van der Waals surface area contributed by atoms with Crippen molar-refractivity contribution in [2.24, 2.45) is 7.05 Å². The number of anilines is 1. The van der Waals surface area contributed by atoms with Crippen molar-refractivity contribution in [2.75, 3.05) is 25.0 Å². The number of hydrogen-bond donors (Lipinski definition) is 2. The van der Waals surface area contributed by atoms with Crippen LogP contribution in [0, 0.1) is 0 Å². The Bertz CT molecular complexity index is 943. The van der Waals surface area contributed by atoms with Crippen molar-refractivity contribution in [3.63, 3.8) is 0 Å². The lowest BCUT2D eigenvalue weighted by molar-refractivity contribution is 0.102. The molecule has 0 bridgehead atoms. The first-order valence-electron chi connectivity index (χ1n) is 9.58. The topological polar surface area (TPSA) is 62.2 Å². The van der Waals surface area contributed by atoms with Crippen LogP contribution in [-0.2, 0) is 13.6 Å². The van der Waals surface area contributed by atoms with Crippen molar-refractivity contribution in [2.45, 2.75) is 12.6 Å². The second-order valence-corrected chi connectivity index (χ2v) is 7.11. The first-order valence-corrected chi connectivity index (χ1v) is 9.58. The average Bonchev–Trinajstić information content (AvgIpc) is 3.15. The zero-order chi connectivity index (χ0) is 19.3. The number of rotatable bonds is 5. The first kappa shape index (κ1) is 21.0. The minimum absolute atomic E-state index is 0. The number of imidazole rings is 1. The third-order valence-corrected chi connectivity index (χ3v) is 5.12. The van der Waals surface area contributed by atoms with E-state index in [9.17, 15) is 4.79 Å². The zero-order valence-corrected chi connectivity index (χ0v) is 17.2. The van der Waals surface area contributed by atoms with Crippen LogP contribution in [0.1, 0.15) is 27.8 Å². The minimum atomic E-state index is -0.0889. The van der Waals surface area contributed by atoms with Crippen molar-refractivity contribution in [3.8, 4) is 0 Å². The van der Waals surface area contributed by atoms with Gasteiger partial charge >= 0.3 is 0 Å². The Balaban J connectivity index is 0.00000240. The van der Waals surface area contributed by atoms with E-state index in [0.29, 0.717) is 5.56 Å². The van der Waals surface area contributed by atoms with Crippen LogP contribution < -0.4 is 10.6 Å². The van der Waals surface area contributed by atoms with E-state index in [1.807, 2.05) is 68.0 Å². The summed E-state index contributed by atoms with van der Waals surface area (Å²) < 4.78 is 2.08. The summed E-state index contributed by atoms with van der Waals surface area (Å²) in [5.41, 5.74) is 2.60. The molecule has 152 valence electrons. The van der Waals surface area contributed by atoms with Crippen molar-refractivity contribution in [1.29, 1.82) is 0 Å². The second kappa shape index (κ2) is 9.69. The first-order chi connectivity index (χ1) is 13.7. The van der Waals surface area contributed by atoms with E-state index < -0.39 is 0 Å². The molecule has 1 aliphatic heterocycles. The highest BCUT2D eigenvalue weighted by molar-refractivity contribution is 6.04. The van der Waals surface area contributed by atoms with Crippen molar-refractivity contribution in [1.82, 2.24) is 19.8 Å². The predicted molar refractivity (Wildman–Crippen MR) is 117 cm³/mol. The molecule has 1 unspecified atom stereocenters. The van der Waals surface area contributed by atoms with Gasteiger partial charge in [0.2, 0.25) is 0 Å². The van der Waals surface area contributed by atoms with Gasteiger partial charge in [0.1, 0.15) is 5.82 Å². The number of nitrogens with one attached hydrogen (secondary N) is 2. The molecule has 4 rings (SSSR count). The molecular weight excluding hydrogens is 386 g/mol. The van der Waals surface area contributed by atoms with Gasteiger partial charge in [0.15, 0.2) is 0 Å². The summed E-state index contributed by atoms with van der Waals surface area (Å²) >= 11 is 0. The van der Waals surface area contributed by atoms with Gasteiger partial charge in [-0.3, -0.25) is 9.69 Å². The summed E-state index contributed by atoms with van der Waals surface area (Å²) in [6.07, 6.45) is 3.83. The van der Waals surface area contributed by atoms with E-state index in [-0.39, 0.29) is 24.4 Å². The molecular formula is C22H26ClN5O.